The van der Waals surface area contributed by atoms with E-state index in [2.05, 4.69) is 29.4 Å². The molecule has 0 spiro atoms. The van der Waals surface area contributed by atoms with Gasteiger partial charge >= 0.3 is 0 Å². The molecule has 0 aliphatic carbocycles. The van der Waals surface area contributed by atoms with Crippen LogP contribution in [0.15, 0.2) is 79.1 Å². The molecule has 5 nitrogen and oxygen atoms in total. The van der Waals surface area contributed by atoms with E-state index in [1.54, 1.807) is 6.20 Å². The highest BCUT2D eigenvalue weighted by Gasteiger charge is 2.26. The summed E-state index contributed by atoms with van der Waals surface area (Å²) in [5, 5.41) is 4.27. The number of aromatic nitrogens is 2. The Hall–Kier alpha value is -2.92. The highest BCUT2D eigenvalue weighted by Crippen LogP contribution is 2.29. The van der Waals surface area contributed by atoms with Gasteiger partial charge in [0, 0.05) is 44.4 Å². The molecule has 1 fully saturated rings. The second-order valence-corrected chi connectivity index (χ2v) is 7.49. The number of ether oxygens (including phenoxy) is 1. The molecule has 1 aliphatic rings. The Morgan fingerprint density at radius 3 is 2.34 bits per heavy atom. The maximum Gasteiger partial charge on any atom is 0.223 e. The van der Waals surface area contributed by atoms with E-state index >= 15 is 0 Å². The molecule has 1 amide bonds. The third-order valence-corrected chi connectivity index (χ3v) is 5.44. The number of rotatable bonds is 6. The summed E-state index contributed by atoms with van der Waals surface area (Å²) < 4.78 is 7.85. The van der Waals surface area contributed by atoms with Crippen LogP contribution in [0.25, 0.3) is 0 Å². The lowest BCUT2D eigenvalue weighted by Gasteiger charge is -2.26. The quantitative estimate of drug-likeness (QED) is 0.646. The van der Waals surface area contributed by atoms with E-state index < -0.39 is 0 Å². The Labute approximate surface area is 171 Å². The number of benzene rings is 2. The zero-order chi connectivity index (χ0) is 19.9. The summed E-state index contributed by atoms with van der Waals surface area (Å²) in [6.45, 7) is 2.69. The van der Waals surface area contributed by atoms with E-state index in [1.807, 2.05) is 58.2 Å². The largest absolute Gasteiger partial charge is 0.374 e. The van der Waals surface area contributed by atoms with Crippen molar-refractivity contribution in [2.75, 3.05) is 19.7 Å². The molecule has 2 heterocycles. The van der Waals surface area contributed by atoms with Crippen LogP contribution in [0.5, 0.6) is 0 Å². The Morgan fingerprint density at radius 1 is 1.03 bits per heavy atom. The van der Waals surface area contributed by atoms with Gasteiger partial charge in [0.25, 0.3) is 0 Å². The van der Waals surface area contributed by atoms with Gasteiger partial charge in [0.1, 0.15) is 0 Å². The Kier molecular flexibility index (Phi) is 6.37. The Balaban J connectivity index is 1.49. The molecule has 150 valence electrons. The van der Waals surface area contributed by atoms with E-state index in [0.717, 1.165) is 13.0 Å². The number of hydrogen-bond acceptors (Lipinski definition) is 3. The smallest absolute Gasteiger partial charge is 0.223 e. The minimum atomic E-state index is -0.0340. The molecular formula is C24H27N3O2. The lowest BCUT2D eigenvalue weighted by Crippen LogP contribution is -2.39. The van der Waals surface area contributed by atoms with E-state index in [4.69, 9.17) is 4.74 Å². The molecule has 0 radical (unpaired) electrons. The summed E-state index contributed by atoms with van der Waals surface area (Å²) in [5.74, 6) is 0.234. The first kappa shape index (κ1) is 19.4. The van der Waals surface area contributed by atoms with Gasteiger partial charge in [-0.25, -0.2) is 0 Å². The van der Waals surface area contributed by atoms with E-state index in [0.29, 0.717) is 26.1 Å². The van der Waals surface area contributed by atoms with Crippen molar-refractivity contribution in [3.63, 3.8) is 0 Å². The third-order valence-electron chi connectivity index (χ3n) is 5.44. The van der Waals surface area contributed by atoms with Gasteiger partial charge in [-0.3, -0.25) is 9.48 Å². The standard InChI is InChI=1S/C24H27N3O2/c28-24(26-14-8-16-29-22(18-26)19-27-15-7-13-25-27)17-23(20-9-3-1-4-10-20)21-11-5-2-6-12-21/h1-7,9-13,15,22-23H,8,14,16-19H2. The fraction of sp³-hybridized carbons (Fsp3) is 0.333. The summed E-state index contributed by atoms with van der Waals surface area (Å²) in [6.07, 6.45) is 4.99. The average Bonchev–Trinajstić information content (AvgIpc) is 3.16. The molecule has 29 heavy (non-hydrogen) atoms. The van der Waals surface area contributed by atoms with Crippen LogP contribution >= 0.6 is 0 Å². The molecular weight excluding hydrogens is 362 g/mol. The summed E-state index contributed by atoms with van der Waals surface area (Å²) in [4.78, 5) is 15.3. The summed E-state index contributed by atoms with van der Waals surface area (Å²) in [5.41, 5.74) is 2.34. The van der Waals surface area contributed by atoms with Gasteiger partial charge in [0.2, 0.25) is 5.91 Å². The minimum Gasteiger partial charge on any atom is -0.374 e. The molecule has 4 rings (SSSR count). The number of carbonyl (C=O) groups excluding carboxylic acids is 1. The number of hydrogen-bond donors (Lipinski definition) is 0. The van der Waals surface area contributed by atoms with Crippen LogP contribution in [0.2, 0.25) is 0 Å². The van der Waals surface area contributed by atoms with Crippen LogP contribution in [0, 0.1) is 0 Å². The zero-order valence-corrected chi connectivity index (χ0v) is 16.6. The van der Waals surface area contributed by atoms with E-state index in [1.165, 1.54) is 11.1 Å². The van der Waals surface area contributed by atoms with Gasteiger partial charge in [0.15, 0.2) is 0 Å². The van der Waals surface area contributed by atoms with Gasteiger partial charge in [-0.05, 0) is 23.6 Å². The molecule has 1 aromatic heterocycles. The van der Waals surface area contributed by atoms with Gasteiger partial charge < -0.3 is 9.64 Å². The first-order valence-electron chi connectivity index (χ1n) is 10.3. The van der Waals surface area contributed by atoms with Crippen LogP contribution in [0.1, 0.15) is 29.9 Å². The van der Waals surface area contributed by atoms with Crippen molar-refractivity contribution < 1.29 is 9.53 Å². The number of carbonyl (C=O) groups is 1. The highest BCUT2D eigenvalue weighted by molar-refractivity contribution is 5.78. The van der Waals surface area contributed by atoms with Crippen molar-refractivity contribution >= 4 is 5.91 Å². The SMILES string of the molecule is O=C(CC(c1ccccc1)c1ccccc1)N1CCCOC(Cn2cccn2)C1. The average molecular weight is 389 g/mol. The molecule has 0 saturated carbocycles. The number of amides is 1. The van der Waals surface area contributed by atoms with E-state index in [-0.39, 0.29) is 17.9 Å². The van der Waals surface area contributed by atoms with Crippen LogP contribution < -0.4 is 0 Å². The first-order chi connectivity index (χ1) is 14.3. The van der Waals surface area contributed by atoms with Crippen molar-refractivity contribution in [1.29, 1.82) is 0 Å². The molecule has 1 unspecified atom stereocenters. The minimum absolute atomic E-state index is 0.0340. The monoisotopic (exact) mass is 389 g/mol. The van der Waals surface area contributed by atoms with Crippen molar-refractivity contribution in [2.24, 2.45) is 0 Å². The zero-order valence-electron chi connectivity index (χ0n) is 16.6. The third kappa shape index (κ3) is 5.12. The lowest BCUT2D eigenvalue weighted by molar-refractivity contribution is -0.132. The van der Waals surface area contributed by atoms with Crippen LogP contribution in [-0.4, -0.2) is 46.4 Å². The molecule has 3 aromatic rings. The molecule has 1 atom stereocenters. The maximum absolute atomic E-state index is 13.3. The van der Waals surface area contributed by atoms with Crippen molar-refractivity contribution in [3.05, 3.63) is 90.3 Å². The lowest BCUT2D eigenvalue weighted by atomic mass is 9.88. The van der Waals surface area contributed by atoms with E-state index in [9.17, 15) is 4.79 Å². The van der Waals surface area contributed by atoms with Crippen LogP contribution in [-0.2, 0) is 16.1 Å². The number of nitrogens with zero attached hydrogens (tertiary/aromatic N) is 3. The Morgan fingerprint density at radius 2 is 1.72 bits per heavy atom. The summed E-state index contributed by atoms with van der Waals surface area (Å²) >= 11 is 0. The fourth-order valence-corrected chi connectivity index (χ4v) is 3.95. The fourth-order valence-electron chi connectivity index (χ4n) is 3.95. The normalized spacial score (nSPS) is 17.3. The Bertz CT molecular complexity index is 842. The topological polar surface area (TPSA) is 47.4 Å². The predicted octanol–water partition coefficient (Wildman–Crippen LogP) is 3.72. The van der Waals surface area contributed by atoms with Crippen molar-refractivity contribution in [2.45, 2.75) is 31.4 Å². The predicted molar refractivity (Wildman–Crippen MR) is 113 cm³/mol. The van der Waals surface area contributed by atoms with Crippen molar-refractivity contribution in [3.8, 4) is 0 Å². The first-order valence-corrected chi connectivity index (χ1v) is 10.3. The van der Waals surface area contributed by atoms with Crippen molar-refractivity contribution in [1.82, 2.24) is 14.7 Å². The molecule has 1 saturated heterocycles. The van der Waals surface area contributed by atoms with Crippen LogP contribution in [0.4, 0.5) is 0 Å². The molecule has 1 aliphatic heterocycles. The van der Waals surface area contributed by atoms with Gasteiger partial charge in [0.05, 0.1) is 12.6 Å². The maximum atomic E-state index is 13.3. The highest BCUT2D eigenvalue weighted by atomic mass is 16.5. The molecule has 2 aromatic carbocycles. The van der Waals surface area contributed by atoms with Gasteiger partial charge in [-0.2, -0.15) is 5.10 Å². The van der Waals surface area contributed by atoms with Gasteiger partial charge in [-0.1, -0.05) is 60.7 Å². The summed E-state index contributed by atoms with van der Waals surface area (Å²) in [7, 11) is 0. The van der Waals surface area contributed by atoms with Gasteiger partial charge in [-0.15, -0.1) is 0 Å². The van der Waals surface area contributed by atoms with Crippen LogP contribution in [0.3, 0.4) is 0 Å². The molecule has 0 bridgehead atoms. The molecule has 0 N–H and O–H groups in total. The second-order valence-electron chi connectivity index (χ2n) is 7.49. The summed E-state index contributed by atoms with van der Waals surface area (Å²) in [6, 6.07) is 22.5. The second kappa shape index (κ2) is 9.52. The molecule has 5 heteroatoms.